The molecule has 0 spiro atoms. The maximum atomic E-state index is 11.9. The van der Waals surface area contributed by atoms with Crippen LogP contribution in [0.2, 0.25) is 0 Å². The van der Waals surface area contributed by atoms with Crippen molar-refractivity contribution in [3.8, 4) is 11.5 Å². The lowest BCUT2D eigenvalue weighted by molar-refractivity contribution is -0.120. The van der Waals surface area contributed by atoms with Crippen LogP contribution in [0.25, 0.3) is 0 Å². The summed E-state index contributed by atoms with van der Waals surface area (Å²) in [4.78, 5) is 23.6. The fourth-order valence-corrected chi connectivity index (χ4v) is 2.47. The van der Waals surface area contributed by atoms with Gasteiger partial charge in [-0.25, -0.2) is 0 Å². The van der Waals surface area contributed by atoms with E-state index in [-0.39, 0.29) is 24.8 Å². The summed E-state index contributed by atoms with van der Waals surface area (Å²) in [5.41, 5.74) is 1.49. The summed E-state index contributed by atoms with van der Waals surface area (Å²) in [6.45, 7) is 5.77. The molecule has 1 heterocycles. The van der Waals surface area contributed by atoms with Crippen molar-refractivity contribution in [3.05, 3.63) is 47.9 Å². The van der Waals surface area contributed by atoms with Gasteiger partial charge in [0.25, 0.3) is 5.91 Å². The van der Waals surface area contributed by atoms with E-state index in [0.29, 0.717) is 37.5 Å². The average molecular weight is 374 g/mol. The van der Waals surface area contributed by atoms with E-state index in [4.69, 9.17) is 13.9 Å². The van der Waals surface area contributed by atoms with E-state index in [9.17, 15) is 9.59 Å². The van der Waals surface area contributed by atoms with Gasteiger partial charge in [0.05, 0.1) is 25.0 Å². The van der Waals surface area contributed by atoms with E-state index in [1.54, 1.807) is 6.07 Å². The molecule has 0 aliphatic carbocycles. The molecule has 0 saturated heterocycles. The van der Waals surface area contributed by atoms with Crippen LogP contribution in [0.1, 0.15) is 36.2 Å². The molecule has 146 valence electrons. The third-order valence-corrected chi connectivity index (χ3v) is 3.76. The molecule has 7 nitrogen and oxygen atoms in total. The number of ether oxygens (including phenoxy) is 2. The molecule has 1 aromatic heterocycles. The van der Waals surface area contributed by atoms with Gasteiger partial charge in [-0.3, -0.25) is 9.59 Å². The second kappa shape index (κ2) is 10.9. The molecule has 2 rings (SSSR count). The predicted octanol–water partition coefficient (Wildman–Crippen LogP) is 2.56. The summed E-state index contributed by atoms with van der Waals surface area (Å²) in [7, 11) is 0. The molecular weight excluding hydrogens is 348 g/mol. The lowest BCUT2D eigenvalue weighted by atomic mass is 10.1. The number of amides is 2. The second-order valence-electron chi connectivity index (χ2n) is 5.76. The normalized spacial score (nSPS) is 10.3. The summed E-state index contributed by atoms with van der Waals surface area (Å²) in [6.07, 6.45) is 3.69. The van der Waals surface area contributed by atoms with Gasteiger partial charge in [-0.15, -0.1) is 0 Å². The molecular formula is C20H26N2O5. The first-order chi connectivity index (χ1) is 13.1. The Hall–Kier alpha value is -2.96. The molecule has 7 heteroatoms. The van der Waals surface area contributed by atoms with Crippen LogP contribution in [-0.4, -0.2) is 38.1 Å². The molecule has 0 atom stereocenters. The van der Waals surface area contributed by atoms with Crippen LogP contribution in [-0.2, 0) is 11.2 Å². The van der Waals surface area contributed by atoms with Crippen LogP contribution < -0.4 is 20.1 Å². The van der Waals surface area contributed by atoms with Gasteiger partial charge in [-0.05, 0) is 44.0 Å². The summed E-state index contributed by atoms with van der Waals surface area (Å²) in [6, 6.07) is 7.36. The van der Waals surface area contributed by atoms with Gasteiger partial charge >= 0.3 is 0 Å². The minimum atomic E-state index is -0.255. The number of carbonyl (C=O) groups is 2. The molecule has 0 radical (unpaired) electrons. The van der Waals surface area contributed by atoms with E-state index in [1.165, 1.54) is 12.5 Å². The largest absolute Gasteiger partial charge is 0.490 e. The highest BCUT2D eigenvalue weighted by Gasteiger charge is 2.09. The highest BCUT2D eigenvalue weighted by molar-refractivity contribution is 5.94. The third-order valence-electron chi connectivity index (χ3n) is 3.76. The maximum absolute atomic E-state index is 11.9. The predicted molar refractivity (Wildman–Crippen MR) is 101 cm³/mol. The highest BCUT2D eigenvalue weighted by Crippen LogP contribution is 2.28. The van der Waals surface area contributed by atoms with E-state index >= 15 is 0 Å². The second-order valence-corrected chi connectivity index (χ2v) is 5.76. The van der Waals surface area contributed by atoms with Gasteiger partial charge in [0.1, 0.15) is 6.26 Å². The van der Waals surface area contributed by atoms with Crippen LogP contribution in [0.4, 0.5) is 0 Å². The first kappa shape index (κ1) is 20.4. The molecule has 0 aliphatic heterocycles. The summed E-state index contributed by atoms with van der Waals surface area (Å²) >= 11 is 0. The van der Waals surface area contributed by atoms with Crippen LogP contribution in [0.15, 0.2) is 41.2 Å². The van der Waals surface area contributed by atoms with E-state index in [2.05, 4.69) is 10.6 Å². The molecule has 27 heavy (non-hydrogen) atoms. The van der Waals surface area contributed by atoms with E-state index in [1.807, 2.05) is 32.0 Å². The minimum absolute atomic E-state index is 0.113. The van der Waals surface area contributed by atoms with Crippen molar-refractivity contribution in [3.63, 3.8) is 0 Å². The summed E-state index contributed by atoms with van der Waals surface area (Å²) < 4.78 is 16.0. The molecule has 1 aromatic carbocycles. The minimum Gasteiger partial charge on any atom is -0.490 e. The lowest BCUT2D eigenvalue weighted by Crippen LogP contribution is -2.31. The van der Waals surface area contributed by atoms with E-state index in [0.717, 1.165) is 11.3 Å². The van der Waals surface area contributed by atoms with Crippen LogP contribution >= 0.6 is 0 Å². The van der Waals surface area contributed by atoms with Crippen molar-refractivity contribution in [1.82, 2.24) is 10.6 Å². The molecule has 0 aliphatic rings. The number of furan rings is 1. The Balaban J connectivity index is 1.71. The zero-order valence-corrected chi connectivity index (χ0v) is 15.7. The van der Waals surface area contributed by atoms with Crippen molar-refractivity contribution in [1.29, 1.82) is 0 Å². The van der Waals surface area contributed by atoms with Crippen molar-refractivity contribution in [2.45, 2.75) is 26.7 Å². The van der Waals surface area contributed by atoms with Crippen LogP contribution in [0.5, 0.6) is 11.5 Å². The van der Waals surface area contributed by atoms with Crippen molar-refractivity contribution in [2.24, 2.45) is 0 Å². The average Bonchev–Trinajstić information content (AvgIpc) is 3.19. The monoisotopic (exact) mass is 374 g/mol. The lowest BCUT2D eigenvalue weighted by Gasteiger charge is -2.12. The number of benzene rings is 1. The van der Waals surface area contributed by atoms with Gasteiger partial charge in [0.15, 0.2) is 11.5 Å². The molecule has 0 saturated carbocycles. The fraction of sp³-hybridized carbons (Fsp3) is 0.400. The summed E-state index contributed by atoms with van der Waals surface area (Å²) in [5.74, 6) is 1.07. The molecule has 0 fully saturated rings. The van der Waals surface area contributed by atoms with Crippen molar-refractivity contribution < 1.29 is 23.5 Å². The smallest absolute Gasteiger partial charge is 0.254 e. The number of hydrogen-bond acceptors (Lipinski definition) is 5. The molecule has 2 amide bonds. The zero-order valence-electron chi connectivity index (χ0n) is 15.7. The van der Waals surface area contributed by atoms with Crippen molar-refractivity contribution >= 4 is 11.8 Å². The van der Waals surface area contributed by atoms with Gasteiger partial charge in [-0.2, -0.15) is 0 Å². The van der Waals surface area contributed by atoms with Crippen LogP contribution in [0.3, 0.4) is 0 Å². The van der Waals surface area contributed by atoms with Gasteiger partial charge in [-0.1, -0.05) is 6.07 Å². The quantitative estimate of drug-likeness (QED) is 0.631. The SMILES string of the molecule is CCOc1ccc(CCNC(=O)CCNC(=O)c2ccoc2)cc1OCC. The topological polar surface area (TPSA) is 89.8 Å². The fourth-order valence-electron chi connectivity index (χ4n) is 2.47. The highest BCUT2D eigenvalue weighted by atomic mass is 16.5. The Morgan fingerprint density at radius 1 is 1.00 bits per heavy atom. The van der Waals surface area contributed by atoms with Gasteiger partial charge in [0, 0.05) is 19.5 Å². The Morgan fingerprint density at radius 3 is 2.48 bits per heavy atom. The first-order valence-corrected chi connectivity index (χ1v) is 9.09. The van der Waals surface area contributed by atoms with Crippen LogP contribution in [0, 0.1) is 0 Å². The first-order valence-electron chi connectivity index (χ1n) is 9.09. The Bertz CT molecular complexity index is 728. The zero-order chi connectivity index (χ0) is 19.5. The summed E-state index contributed by atoms with van der Waals surface area (Å²) in [5, 5.41) is 5.52. The van der Waals surface area contributed by atoms with Gasteiger partial charge < -0.3 is 24.5 Å². The maximum Gasteiger partial charge on any atom is 0.254 e. The van der Waals surface area contributed by atoms with Crippen molar-refractivity contribution in [2.75, 3.05) is 26.3 Å². The standard InChI is InChI=1S/C20H26N2O5/c1-3-26-17-6-5-15(13-18(17)27-4-2)7-10-21-19(23)8-11-22-20(24)16-9-12-25-14-16/h5-6,9,12-14H,3-4,7-8,10-11H2,1-2H3,(H,21,23)(H,22,24). The molecule has 2 N–H and O–H groups in total. The number of hydrogen-bond donors (Lipinski definition) is 2. The molecule has 0 unspecified atom stereocenters. The van der Waals surface area contributed by atoms with E-state index < -0.39 is 0 Å². The Kier molecular flexibility index (Phi) is 8.22. The third kappa shape index (κ3) is 6.69. The number of rotatable bonds is 11. The van der Waals surface area contributed by atoms with Gasteiger partial charge in [0.2, 0.25) is 5.91 Å². The molecule has 0 bridgehead atoms. The number of nitrogens with one attached hydrogen (secondary N) is 2. The number of carbonyl (C=O) groups excluding carboxylic acids is 2. The Morgan fingerprint density at radius 2 is 1.78 bits per heavy atom. The Labute approximate surface area is 159 Å². The molecule has 2 aromatic rings.